The largest absolute Gasteiger partial charge is 0.491 e. The van der Waals surface area contributed by atoms with Crippen LogP contribution in [0.5, 0.6) is 5.75 Å². The first kappa shape index (κ1) is 17.2. The van der Waals surface area contributed by atoms with Crippen LogP contribution in [0.3, 0.4) is 0 Å². The molecule has 4 atom stereocenters. The molecule has 0 amide bonds. The molecule has 2 aromatic carbocycles. The van der Waals surface area contributed by atoms with Crippen LogP contribution in [-0.2, 0) is 4.74 Å². The van der Waals surface area contributed by atoms with Crippen molar-refractivity contribution >= 4 is 17.3 Å². The molecule has 1 fully saturated rings. The van der Waals surface area contributed by atoms with E-state index in [2.05, 4.69) is 47.8 Å². The molecule has 5 rings (SSSR count). The molecule has 1 aliphatic carbocycles. The molecule has 4 heteroatoms. The molecule has 0 bridgehead atoms. The van der Waals surface area contributed by atoms with E-state index in [9.17, 15) is 0 Å². The fourth-order valence-corrected chi connectivity index (χ4v) is 4.92. The molecule has 2 aromatic rings. The maximum absolute atomic E-state index is 6.51. The van der Waals surface area contributed by atoms with Gasteiger partial charge in [-0.1, -0.05) is 42.0 Å². The second kappa shape index (κ2) is 7.21. The molecular formula is C23H24ClNO2. The van der Waals surface area contributed by atoms with Gasteiger partial charge < -0.3 is 14.8 Å². The zero-order chi connectivity index (χ0) is 18.2. The van der Waals surface area contributed by atoms with E-state index >= 15 is 0 Å². The fourth-order valence-electron chi connectivity index (χ4n) is 4.66. The summed E-state index contributed by atoms with van der Waals surface area (Å²) in [6.07, 6.45) is 8.18. The van der Waals surface area contributed by atoms with Crippen molar-refractivity contribution in [2.24, 2.45) is 5.92 Å². The van der Waals surface area contributed by atoms with Gasteiger partial charge in [0.15, 0.2) is 0 Å². The van der Waals surface area contributed by atoms with Crippen molar-refractivity contribution in [1.82, 2.24) is 0 Å². The van der Waals surface area contributed by atoms with Gasteiger partial charge in [0, 0.05) is 23.2 Å². The van der Waals surface area contributed by atoms with Gasteiger partial charge in [-0.2, -0.15) is 0 Å². The second-order valence-electron chi connectivity index (χ2n) is 7.69. The van der Waals surface area contributed by atoms with Gasteiger partial charge in [-0.3, -0.25) is 0 Å². The van der Waals surface area contributed by atoms with Gasteiger partial charge in [-0.05, 0) is 60.6 Å². The number of ether oxygens (including phenoxy) is 2. The van der Waals surface area contributed by atoms with Gasteiger partial charge in [-0.25, -0.2) is 0 Å². The van der Waals surface area contributed by atoms with Gasteiger partial charge in [-0.15, -0.1) is 0 Å². The van der Waals surface area contributed by atoms with Crippen LogP contribution in [0.2, 0.25) is 5.02 Å². The first-order valence-corrected chi connectivity index (χ1v) is 10.2. The second-order valence-corrected chi connectivity index (χ2v) is 8.10. The monoisotopic (exact) mass is 381 g/mol. The van der Waals surface area contributed by atoms with Crippen LogP contribution in [-0.4, -0.2) is 19.3 Å². The average molecular weight is 382 g/mol. The molecule has 27 heavy (non-hydrogen) atoms. The van der Waals surface area contributed by atoms with Crippen molar-refractivity contribution in [2.45, 2.75) is 37.3 Å². The van der Waals surface area contributed by atoms with E-state index in [1.54, 1.807) is 0 Å². The maximum atomic E-state index is 6.51. The first-order chi connectivity index (χ1) is 13.3. The number of benzene rings is 2. The Hall–Kier alpha value is -1.97. The number of allylic oxidation sites excluding steroid dienone is 2. The van der Waals surface area contributed by atoms with Crippen molar-refractivity contribution < 1.29 is 9.47 Å². The molecule has 4 unspecified atom stereocenters. The van der Waals surface area contributed by atoms with Crippen molar-refractivity contribution in [1.29, 1.82) is 0 Å². The average Bonchev–Trinajstić information content (AvgIpc) is 3.38. The molecule has 0 radical (unpaired) electrons. The van der Waals surface area contributed by atoms with E-state index < -0.39 is 0 Å². The highest BCUT2D eigenvalue weighted by atomic mass is 35.5. The lowest BCUT2D eigenvalue weighted by Crippen LogP contribution is -2.29. The van der Waals surface area contributed by atoms with E-state index in [4.69, 9.17) is 21.1 Å². The number of hydrogen-bond donors (Lipinski definition) is 1. The summed E-state index contributed by atoms with van der Waals surface area (Å²) in [6.45, 7) is 1.50. The van der Waals surface area contributed by atoms with E-state index in [0.717, 1.165) is 36.6 Å². The molecule has 2 aliphatic heterocycles. The van der Waals surface area contributed by atoms with E-state index in [-0.39, 0.29) is 12.1 Å². The quantitative estimate of drug-likeness (QED) is 0.686. The molecule has 3 aliphatic rings. The normalized spacial score (nSPS) is 28.5. The highest BCUT2D eigenvalue weighted by Gasteiger charge is 2.38. The lowest BCUT2D eigenvalue weighted by atomic mass is 9.77. The molecule has 2 heterocycles. The summed E-state index contributed by atoms with van der Waals surface area (Å²) < 4.78 is 11.7. The number of rotatable bonds is 4. The molecule has 3 nitrogen and oxygen atoms in total. The predicted molar refractivity (Wildman–Crippen MR) is 109 cm³/mol. The minimum atomic E-state index is 0.227. The smallest absolute Gasteiger partial charge is 0.119 e. The molecule has 1 N–H and O–H groups in total. The summed E-state index contributed by atoms with van der Waals surface area (Å²) in [5, 5.41) is 4.58. The Balaban J connectivity index is 1.41. The molecule has 0 aromatic heterocycles. The Morgan fingerprint density at radius 1 is 1.15 bits per heavy atom. The van der Waals surface area contributed by atoms with E-state index in [1.807, 2.05) is 12.1 Å². The first-order valence-electron chi connectivity index (χ1n) is 9.85. The van der Waals surface area contributed by atoms with Crippen molar-refractivity contribution in [3.05, 3.63) is 70.8 Å². The lowest BCUT2D eigenvalue weighted by Gasteiger charge is -2.38. The van der Waals surface area contributed by atoms with Crippen molar-refractivity contribution in [2.75, 3.05) is 18.5 Å². The fraction of sp³-hybridized carbons (Fsp3) is 0.391. The summed E-state index contributed by atoms with van der Waals surface area (Å²) in [7, 11) is 0. The SMILES string of the molecule is Clc1ccccc1C1Nc2ccc(OCC3CCCO3)cc2C2C=CCC21. The summed E-state index contributed by atoms with van der Waals surface area (Å²) in [5.41, 5.74) is 3.68. The maximum Gasteiger partial charge on any atom is 0.119 e. The van der Waals surface area contributed by atoms with Crippen LogP contribution in [0.25, 0.3) is 0 Å². The van der Waals surface area contributed by atoms with Crippen molar-refractivity contribution in [3.8, 4) is 5.75 Å². The third-order valence-electron chi connectivity index (χ3n) is 6.03. The molecule has 140 valence electrons. The Bertz CT molecular complexity index is 859. The summed E-state index contributed by atoms with van der Waals surface area (Å²) in [5.74, 6) is 1.81. The number of hydrogen-bond acceptors (Lipinski definition) is 3. The van der Waals surface area contributed by atoms with Gasteiger partial charge in [0.05, 0.1) is 12.1 Å². The van der Waals surface area contributed by atoms with Crippen molar-refractivity contribution in [3.63, 3.8) is 0 Å². The van der Waals surface area contributed by atoms with E-state index in [0.29, 0.717) is 18.4 Å². The third kappa shape index (κ3) is 3.24. The van der Waals surface area contributed by atoms with Gasteiger partial charge in [0.2, 0.25) is 0 Å². The van der Waals surface area contributed by atoms with Gasteiger partial charge >= 0.3 is 0 Å². The highest BCUT2D eigenvalue weighted by Crippen LogP contribution is 2.51. The van der Waals surface area contributed by atoms with Gasteiger partial charge in [0.25, 0.3) is 0 Å². The number of nitrogens with one attached hydrogen (secondary N) is 1. The Morgan fingerprint density at radius 2 is 2.07 bits per heavy atom. The standard InChI is InChI=1S/C23H24ClNO2/c24-21-9-2-1-6-19(21)23-18-8-3-7-17(18)20-13-15(10-11-22(20)25-23)27-14-16-5-4-12-26-16/h1-3,6-7,9-11,13,16-18,23,25H,4-5,8,12,14H2. The topological polar surface area (TPSA) is 30.5 Å². The number of anilines is 1. The minimum Gasteiger partial charge on any atom is -0.491 e. The molecule has 0 saturated carbocycles. The molecular weight excluding hydrogens is 358 g/mol. The summed E-state index contributed by atoms with van der Waals surface area (Å²) in [4.78, 5) is 0. The molecule has 0 spiro atoms. The molecule has 1 saturated heterocycles. The van der Waals surface area contributed by atoms with E-state index in [1.165, 1.54) is 16.8 Å². The van der Waals surface area contributed by atoms with Crippen LogP contribution in [0.4, 0.5) is 5.69 Å². The van der Waals surface area contributed by atoms with Crippen LogP contribution in [0.15, 0.2) is 54.6 Å². The van der Waals surface area contributed by atoms with Gasteiger partial charge in [0.1, 0.15) is 12.4 Å². The Labute approximate surface area is 165 Å². The highest BCUT2D eigenvalue weighted by molar-refractivity contribution is 6.31. The zero-order valence-electron chi connectivity index (χ0n) is 15.2. The van der Waals surface area contributed by atoms with Crippen LogP contribution in [0.1, 0.15) is 42.3 Å². The number of halogens is 1. The number of fused-ring (bicyclic) bond motifs is 3. The summed E-state index contributed by atoms with van der Waals surface area (Å²) >= 11 is 6.51. The van der Waals surface area contributed by atoms with Crippen LogP contribution >= 0.6 is 11.6 Å². The predicted octanol–water partition coefficient (Wildman–Crippen LogP) is 5.72. The van der Waals surface area contributed by atoms with Crippen LogP contribution in [0, 0.1) is 5.92 Å². The summed E-state index contributed by atoms with van der Waals surface area (Å²) in [6, 6.07) is 14.8. The Kier molecular flexibility index (Phi) is 4.58. The Morgan fingerprint density at radius 3 is 2.93 bits per heavy atom. The lowest BCUT2D eigenvalue weighted by molar-refractivity contribution is 0.0679. The van der Waals surface area contributed by atoms with Crippen LogP contribution < -0.4 is 10.1 Å². The minimum absolute atomic E-state index is 0.227. The third-order valence-corrected chi connectivity index (χ3v) is 6.38. The zero-order valence-corrected chi connectivity index (χ0v) is 16.0.